The zero-order valence-electron chi connectivity index (χ0n) is 10.1. The van der Waals surface area contributed by atoms with Crippen molar-refractivity contribution < 1.29 is 0 Å². The SMILES string of the molecule is C=CCn1c(SC)nc2sc(C)c(C)c2c1=O. The van der Waals surface area contributed by atoms with Crippen LogP contribution in [0.25, 0.3) is 10.2 Å². The Morgan fingerprint density at radius 3 is 2.82 bits per heavy atom. The minimum Gasteiger partial charge on any atom is -0.283 e. The lowest BCUT2D eigenvalue weighted by molar-refractivity contribution is 0.673. The highest BCUT2D eigenvalue weighted by Crippen LogP contribution is 2.27. The van der Waals surface area contributed by atoms with E-state index in [9.17, 15) is 4.79 Å². The molecule has 2 aromatic heterocycles. The second-order valence-electron chi connectivity index (χ2n) is 3.77. The lowest BCUT2D eigenvalue weighted by Crippen LogP contribution is -2.22. The van der Waals surface area contributed by atoms with E-state index < -0.39 is 0 Å². The molecule has 0 aliphatic carbocycles. The third-order valence-corrected chi connectivity index (χ3v) is 4.53. The van der Waals surface area contributed by atoms with Gasteiger partial charge in [-0.1, -0.05) is 17.8 Å². The summed E-state index contributed by atoms with van der Waals surface area (Å²) in [6.45, 7) is 8.20. The van der Waals surface area contributed by atoms with E-state index in [0.717, 1.165) is 25.8 Å². The van der Waals surface area contributed by atoms with E-state index >= 15 is 0 Å². The second kappa shape index (κ2) is 4.66. The smallest absolute Gasteiger partial charge is 0.263 e. The number of nitrogens with zero attached hydrogens (tertiary/aromatic N) is 2. The predicted molar refractivity (Wildman–Crippen MR) is 75.3 cm³/mol. The van der Waals surface area contributed by atoms with Crippen molar-refractivity contribution in [1.82, 2.24) is 9.55 Å². The molecule has 2 heterocycles. The Labute approximate surface area is 108 Å². The molecular weight excluding hydrogens is 252 g/mol. The molecule has 0 unspecified atom stereocenters. The fraction of sp³-hybridized carbons (Fsp3) is 0.333. The van der Waals surface area contributed by atoms with E-state index in [2.05, 4.69) is 11.6 Å². The van der Waals surface area contributed by atoms with Crippen LogP contribution in [0.1, 0.15) is 10.4 Å². The summed E-state index contributed by atoms with van der Waals surface area (Å²) in [4.78, 5) is 19.0. The number of aromatic nitrogens is 2. The fourth-order valence-corrected chi connectivity index (χ4v) is 3.39. The van der Waals surface area contributed by atoms with Crippen molar-refractivity contribution in [3.05, 3.63) is 33.4 Å². The highest BCUT2D eigenvalue weighted by atomic mass is 32.2. The molecule has 3 nitrogen and oxygen atoms in total. The standard InChI is InChI=1S/C12H14N2OS2/c1-5-6-14-11(15)9-7(2)8(3)17-10(9)13-12(14)16-4/h5H,1,6H2,2-4H3. The fourth-order valence-electron chi connectivity index (χ4n) is 1.75. The van der Waals surface area contributed by atoms with Crippen LogP contribution >= 0.6 is 23.1 Å². The van der Waals surface area contributed by atoms with Gasteiger partial charge in [-0.25, -0.2) is 4.98 Å². The van der Waals surface area contributed by atoms with Crippen LogP contribution in [-0.4, -0.2) is 15.8 Å². The van der Waals surface area contributed by atoms with Crippen LogP contribution in [0.5, 0.6) is 0 Å². The van der Waals surface area contributed by atoms with Crippen molar-refractivity contribution >= 4 is 33.3 Å². The van der Waals surface area contributed by atoms with Gasteiger partial charge in [-0.2, -0.15) is 0 Å². The maximum Gasteiger partial charge on any atom is 0.263 e. The Hall–Kier alpha value is -1.07. The normalized spacial score (nSPS) is 11.0. The Morgan fingerprint density at radius 1 is 1.53 bits per heavy atom. The van der Waals surface area contributed by atoms with Gasteiger partial charge in [-0.15, -0.1) is 17.9 Å². The molecule has 0 atom stereocenters. The highest BCUT2D eigenvalue weighted by molar-refractivity contribution is 7.98. The van der Waals surface area contributed by atoms with E-state index in [-0.39, 0.29) is 5.56 Å². The number of fused-ring (bicyclic) bond motifs is 1. The average Bonchev–Trinajstić information content (AvgIpc) is 2.59. The molecule has 0 spiro atoms. The van der Waals surface area contributed by atoms with Crippen molar-refractivity contribution in [2.24, 2.45) is 0 Å². The van der Waals surface area contributed by atoms with E-state index in [0.29, 0.717) is 6.54 Å². The number of aryl methyl sites for hydroxylation is 2. The maximum absolute atomic E-state index is 12.4. The van der Waals surface area contributed by atoms with E-state index in [4.69, 9.17) is 0 Å². The minimum atomic E-state index is 0.0427. The van der Waals surface area contributed by atoms with Crippen molar-refractivity contribution in [2.75, 3.05) is 6.26 Å². The molecule has 0 bridgehead atoms. The summed E-state index contributed by atoms with van der Waals surface area (Å²) in [5, 5.41) is 1.51. The molecule has 0 saturated carbocycles. The molecule has 0 aromatic carbocycles. The zero-order valence-corrected chi connectivity index (χ0v) is 11.7. The Balaban J connectivity index is 2.88. The molecule has 0 fully saturated rings. The summed E-state index contributed by atoms with van der Waals surface area (Å²) in [5.41, 5.74) is 1.09. The van der Waals surface area contributed by atoms with Gasteiger partial charge in [0.25, 0.3) is 5.56 Å². The van der Waals surface area contributed by atoms with Gasteiger partial charge in [0.2, 0.25) is 0 Å². The van der Waals surface area contributed by atoms with E-state index in [1.165, 1.54) is 11.8 Å². The third kappa shape index (κ3) is 1.93. The van der Waals surface area contributed by atoms with Crippen LogP contribution in [0.15, 0.2) is 22.6 Å². The molecule has 90 valence electrons. The quantitative estimate of drug-likeness (QED) is 0.486. The summed E-state index contributed by atoms with van der Waals surface area (Å²) < 4.78 is 1.68. The first kappa shape index (κ1) is 12.4. The lowest BCUT2D eigenvalue weighted by atomic mass is 10.2. The summed E-state index contributed by atoms with van der Waals surface area (Å²) >= 11 is 3.08. The van der Waals surface area contributed by atoms with Crippen LogP contribution in [0.2, 0.25) is 0 Å². The Morgan fingerprint density at radius 2 is 2.24 bits per heavy atom. The van der Waals surface area contributed by atoms with Crippen LogP contribution in [0, 0.1) is 13.8 Å². The van der Waals surface area contributed by atoms with Crippen molar-refractivity contribution in [2.45, 2.75) is 25.5 Å². The Kier molecular flexibility index (Phi) is 3.40. The van der Waals surface area contributed by atoms with Crippen LogP contribution in [0.4, 0.5) is 0 Å². The largest absolute Gasteiger partial charge is 0.283 e. The molecule has 0 amide bonds. The molecule has 2 aromatic rings. The number of thiophene rings is 1. The number of hydrogen-bond acceptors (Lipinski definition) is 4. The molecule has 0 saturated heterocycles. The predicted octanol–water partition coefficient (Wildman–Crippen LogP) is 2.98. The topological polar surface area (TPSA) is 34.9 Å². The van der Waals surface area contributed by atoms with Crippen molar-refractivity contribution in [3.8, 4) is 0 Å². The monoisotopic (exact) mass is 266 g/mol. The van der Waals surface area contributed by atoms with Crippen LogP contribution < -0.4 is 5.56 Å². The highest BCUT2D eigenvalue weighted by Gasteiger charge is 2.15. The average molecular weight is 266 g/mol. The van der Waals surface area contributed by atoms with E-state index in [1.807, 2.05) is 20.1 Å². The summed E-state index contributed by atoms with van der Waals surface area (Å²) in [6.07, 6.45) is 3.66. The molecule has 0 radical (unpaired) electrons. The van der Waals surface area contributed by atoms with Crippen molar-refractivity contribution in [3.63, 3.8) is 0 Å². The second-order valence-corrected chi connectivity index (χ2v) is 5.74. The van der Waals surface area contributed by atoms with Gasteiger partial charge < -0.3 is 0 Å². The van der Waals surface area contributed by atoms with Crippen LogP contribution in [0.3, 0.4) is 0 Å². The first-order valence-corrected chi connectivity index (χ1v) is 7.29. The number of thioether (sulfide) groups is 1. The minimum absolute atomic E-state index is 0.0427. The van der Waals surface area contributed by atoms with Gasteiger partial charge in [-0.05, 0) is 25.7 Å². The summed E-state index contributed by atoms with van der Waals surface area (Å²) in [5.74, 6) is 0. The number of hydrogen-bond donors (Lipinski definition) is 0. The molecule has 17 heavy (non-hydrogen) atoms. The molecule has 0 aliphatic rings. The number of rotatable bonds is 3. The molecule has 0 N–H and O–H groups in total. The zero-order chi connectivity index (χ0) is 12.6. The van der Waals surface area contributed by atoms with E-state index in [1.54, 1.807) is 22.0 Å². The summed E-state index contributed by atoms with van der Waals surface area (Å²) in [7, 11) is 0. The van der Waals surface area contributed by atoms with Crippen LogP contribution in [-0.2, 0) is 6.54 Å². The van der Waals surface area contributed by atoms with Gasteiger partial charge in [0.15, 0.2) is 5.16 Å². The lowest BCUT2D eigenvalue weighted by Gasteiger charge is -2.07. The van der Waals surface area contributed by atoms with Gasteiger partial charge in [-0.3, -0.25) is 9.36 Å². The number of allylic oxidation sites excluding steroid dienone is 1. The summed E-state index contributed by atoms with van der Waals surface area (Å²) in [6, 6.07) is 0. The molecular formula is C12H14N2OS2. The van der Waals surface area contributed by atoms with Gasteiger partial charge in [0.05, 0.1) is 5.39 Å². The first-order chi connectivity index (χ1) is 8.10. The third-order valence-electron chi connectivity index (χ3n) is 2.75. The first-order valence-electron chi connectivity index (χ1n) is 5.25. The van der Waals surface area contributed by atoms with Gasteiger partial charge in [0.1, 0.15) is 4.83 Å². The molecule has 2 rings (SSSR count). The maximum atomic E-state index is 12.4. The molecule has 0 aliphatic heterocycles. The van der Waals surface area contributed by atoms with Gasteiger partial charge >= 0.3 is 0 Å². The molecule has 5 heteroatoms. The van der Waals surface area contributed by atoms with Gasteiger partial charge in [0, 0.05) is 11.4 Å². The Bertz CT molecular complexity index is 640. The van der Waals surface area contributed by atoms with Crippen molar-refractivity contribution in [1.29, 1.82) is 0 Å².